The van der Waals surface area contributed by atoms with E-state index in [0.717, 1.165) is 6.42 Å². The molecule has 1 aromatic rings. The third-order valence-electron chi connectivity index (χ3n) is 12.7. The number of hydrogen-bond acceptors (Lipinski definition) is 10. The van der Waals surface area contributed by atoms with Crippen LogP contribution in [0.15, 0.2) is 30.3 Å². The van der Waals surface area contributed by atoms with Crippen molar-refractivity contribution >= 4 is 29.7 Å². The van der Waals surface area contributed by atoms with Crippen molar-refractivity contribution in [2.45, 2.75) is 156 Å². The van der Waals surface area contributed by atoms with Gasteiger partial charge in [0.25, 0.3) is 0 Å². The van der Waals surface area contributed by atoms with Crippen molar-refractivity contribution in [1.82, 2.24) is 30.2 Å². The van der Waals surface area contributed by atoms with Gasteiger partial charge < -0.3 is 44.7 Å². The van der Waals surface area contributed by atoms with Gasteiger partial charge in [-0.3, -0.25) is 24.1 Å². The minimum atomic E-state index is -0.892. The van der Waals surface area contributed by atoms with Crippen molar-refractivity contribution in [2.75, 3.05) is 54.0 Å². The molecule has 2 aliphatic heterocycles. The standard InChI is InChI=1S/C47H80N6O9/c1-15-31(6)40(50(12)45(58)38(29(2)3)49-44(57)39(30(4)5)51-24-26-52(27-25-51)46(59)62-47(9,10)11)36(60-13)28-37(54)53-23-19-22-35(53)42(61-14)32(7)43(56)48-33(8)41(55)34-20-17-16-18-21-34/h16-18,20-21,29-33,35-36,38-42,55H,15,19,22-28H2,1-14H3,(H,48,56)(H,49,57)/t31-,32+,33+,35-,36+,38-,39-,40-,41?,42+/m0/s1. The van der Waals surface area contributed by atoms with Gasteiger partial charge in [0.15, 0.2) is 0 Å². The first-order chi connectivity index (χ1) is 29.1. The maximum absolute atomic E-state index is 14.6. The van der Waals surface area contributed by atoms with Crippen LogP contribution >= 0.6 is 0 Å². The van der Waals surface area contributed by atoms with Crippen molar-refractivity contribution < 1.29 is 43.3 Å². The quantitative estimate of drug-likeness (QED) is 0.165. The van der Waals surface area contributed by atoms with E-state index in [2.05, 4.69) is 15.5 Å². The number of methoxy groups -OCH3 is 2. The number of benzene rings is 1. The molecule has 2 fully saturated rings. The van der Waals surface area contributed by atoms with Gasteiger partial charge in [0.05, 0.1) is 54.8 Å². The molecule has 62 heavy (non-hydrogen) atoms. The lowest BCUT2D eigenvalue weighted by Gasteiger charge is -2.42. The van der Waals surface area contributed by atoms with Crippen molar-refractivity contribution in [3.8, 4) is 0 Å². The molecule has 1 aromatic carbocycles. The number of hydrogen-bond donors (Lipinski definition) is 3. The van der Waals surface area contributed by atoms with E-state index in [1.54, 1.807) is 49.8 Å². The third-order valence-corrected chi connectivity index (χ3v) is 12.7. The van der Waals surface area contributed by atoms with Gasteiger partial charge in [-0.25, -0.2) is 4.79 Å². The molecule has 0 spiro atoms. The summed E-state index contributed by atoms with van der Waals surface area (Å²) in [6.07, 6.45) is -0.422. The van der Waals surface area contributed by atoms with Crippen LogP contribution in [0.2, 0.25) is 0 Å². The average molecular weight is 873 g/mol. The molecule has 0 aromatic heterocycles. The van der Waals surface area contributed by atoms with E-state index in [9.17, 15) is 29.1 Å². The highest BCUT2D eigenvalue weighted by molar-refractivity contribution is 5.90. The molecule has 0 aliphatic carbocycles. The number of amides is 5. The second-order valence-electron chi connectivity index (χ2n) is 19.2. The van der Waals surface area contributed by atoms with E-state index in [1.807, 2.05) is 92.6 Å². The molecule has 15 nitrogen and oxygen atoms in total. The van der Waals surface area contributed by atoms with Crippen LogP contribution in [-0.2, 0) is 33.4 Å². The summed E-state index contributed by atoms with van der Waals surface area (Å²) < 4.78 is 17.6. The third kappa shape index (κ3) is 13.9. The highest BCUT2D eigenvalue weighted by Gasteiger charge is 2.44. The topological polar surface area (TPSA) is 170 Å². The number of aliphatic hydroxyl groups excluding tert-OH is 1. The maximum Gasteiger partial charge on any atom is 0.410 e. The Morgan fingerprint density at radius 3 is 1.98 bits per heavy atom. The van der Waals surface area contributed by atoms with Crippen molar-refractivity contribution in [2.24, 2.45) is 23.7 Å². The molecule has 15 heteroatoms. The molecule has 0 radical (unpaired) electrons. The second-order valence-corrected chi connectivity index (χ2v) is 19.2. The van der Waals surface area contributed by atoms with Gasteiger partial charge >= 0.3 is 6.09 Å². The van der Waals surface area contributed by atoms with Crippen LogP contribution in [-0.4, -0.2) is 156 Å². The van der Waals surface area contributed by atoms with E-state index in [4.69, 9.17) is 14.2 Å². The fraction of sp³-hybridized carbons (Fsp3) is 0.766. The summed E-state index contributed by atoms with van der Waals surface area (Å²) in [6.45, 7) is 23.2. The van der Waals surface area contributed by atoms with E-state index in [1.165, 1.54) is 0 Å². The summed E-state index contributed by atoms with van der Waals surface area (Å²) in [5, 5.41) is 17.0. The fourth-order valence-corrected chi connectivity index (χ4v) is 9.05. The Kier molecular flexibility index (Phi) is 20.1. The number of carbonyl (C=O) groups is 5. The average Bonchev–Trinajstić information content (AvgIpc) is 3.71. The number of carbonyl (C=O) groups excluding carboxylic acids is 5. The lowest BCUT2D eigenvalue weighted by molar-refractivity contribution is -0.148. The first-order valence-corrected chi connectivity index (χ1v) is 22.8. The van der Waals surface area contributed by atoms with Crippen LogP contribution in [0, 0.1) is 23.7 Å². The van der Waals surface area contributed by atoms with Crippen LogP contribution in [0.5, 0.6) is 0 Å². The van der Waals surface area contributed by atoms with Gasteiger partial charge in [-0.2, -0.15) is 0 Å². The van der Waals surface area contributed by atoms with E-state index < -0.39 is 54.0 Å². The number of rotatable bonds is 20. The Labute approximate surface area is 371 Å². The summed E-state index contributed by atoms with van der Waals surface area (Å²) in [6, 6.07) is 6.39. The summed E-state index contributed by atoms with van der Waals surface area (Å²) in [5.41, 5.74) is 0.0964. The number of likely N-dealkylation sites (N-methyl/N-ethyl adjacent to an activating group) is 1. The zero-order valence-corrected chi connectivity index (χ0v) is 40.2. The predicted octanol–water partition coefficient (Wildman–Crippen LogP) is 4.86. The number of aliphatic hydroxyl groups is 1. The van der Waals surface area contributed by atoms with Crippen LogP contribution in [0.4, 0.5) is 4.79 Å². The Morgan fingerprint density at radius 1 is 0.855 bits per heavy atom. The number of ether oxygens (including phenoxy) is 3. The highest BCUT2D eigenvalue weighted by Crippen LogP contribution is 2.30. The first kappa shape index (κ1) is 52.6. The summed E-state index contributed by atoms with van der Waals surface area (Å²) >= 11 is 0. The lowest BCUT2D eigenvalue weighted by Crippen LogP contribution is -2.62. The largest absolute Gasteiger partial charge is 0.444 e. The minimum absolute atomic E-state index is 0.000339. The number of piperazine rings is 1. The first-order valence-electron chi connectivity index (χ1n) is 22.8. The van der Waals surface area contributed by atoms with E-state index in [0.29, 0.717) is 51.1 Å². The molecule has 5 amide bonds. The molecular weight excluding hydrogens is 793 g/mol. The molecule has 1 unspecified atom stereocenters. The van der Waals surface area contributed by atoms with Crippen molar-refractivity contribution in [3.05, 3.63) is 35.9 Å². The molecule has 3 rings (SSSR count). The Hall–Kier alpha value is -3.79. The maximum atomic E-state index is 14.6. The van der Waals surface area contributed by atoms with Crippen molar-refractivity contribution in [1.29, 1.82) is 0 Å². The zero-order valence-electron chi connectivity index (χ0n) is 40.2. The fourth-order valence-electron chi connectivity index (χ4n) is 9.05. The molecule has 2 saturated heterocycles. The molecule has 352 valence electrons. The lowest BCUT2D eigenvalue weighted by atomic mass is 9.89. The number of nitrogens with zero attached hydrogens (tertiary/aromatic N) is 4. The molecule has 0 bridgehead atoms. The Bertz CT molecular complexity index is 1600. The smallest absolute Gasteiger partial charge is 0.410 e. The molecule has 3 N–H and O–H groups in total. The Morgan fingerprint density at radius 2 is 1.47 bits per heavy atom. The van der Waals surface area contributed by atoms with Gasteiger partial charge in [0, 0.05) is 54.0 Å². The highest BCUT2D eigenvalue weighted by atomic mass is 16.6. The molecule has 2 aliphatic rings. The van der Waals surface area contributed by atoms with Gasteiger partial charge in [0.2, 0.25) is 23.6 Å². The number of nitrogens with one attached hydrogen (secondary N) is 2. The van der Waals surface area contributed by atoms with Gasteiger partial charge in [0.1, 0.15) is 11.6 Å². The van der Waals surface area contributed by atoms with Crippen LogP contribution in [0.25, 0.3) is 0 Å². The summed E-state index contributed by atoms with van der Waals surface area (Å²) in [7, 11) is 4.83. The summed E-state index contributed by atoms with van der Waals surface area (Å²) in [4.78, 5) is 76.6. The zero-order chi connectivity index (χ0) is 46.6. The van der Waals surface area contributed by atoms with Gasteiger partial charge in [-0.15, -0.1) is 0 Å². The van der Waals surface area contributed by atoms with Crippen molar-refractivity contribution in [3.63, 3.8) is 0 Å². The van der Waals surface area contributed by atoms with Gasteiger partial charge in [-0.05, 0) is 63.9 Å². The number of likely N-dealkylation sites (tertiary alicyclic amines) is 1. The van der Waals surface area contributed by atoms with E-state index in [-0.39, 0.29) is 59.9 Å². The SMILES string of the molecule is CC[C@H](C)[C@@H]([C@@H](CC(=O)N1CCC[C@H]1[C@H](OC)[C@@H](C)C(=O)N[C@H](C)C(O)c1ccccc1)OC)N(C)C(=O)[C@@H](NC(=O)[C@H](C(C)C)N1CCN(C(=O)OC(C)(C)C)CC1)C(C)C. The Balaban J connectivity index is 1.74. The molecular formula is C47H80N6O9. The molecule has 2 heterocycles. The van der Waals surface area contributed by atoms with Crippen LogP contribution < -0.4 is 10.6 Å². The van der Waals surface area contributed by atoms with E-state index >= 15 is 0 Å². The summed E-state index contributed by atoms with van der Waals surface area (Å²) in [5.74, 6) is -1.95. The van der Waals surface area contributed by atoms with Gasteiger partial charge in [-0.1, -0.05) is 85.2 Å². The minimum Gasteiger partial charge on any atom is -0.444 e. The predicted molar refractivity (Wildman–Crippen MR) is 240 cm³/mol. The molecule has 10 atom stereocenters. The monoisotopic (exact) mass is 873 g/mol. The molecule has 0 saturated carbocycles. The van der Waals surface area contributed by atoms with Crippen LogP contribution in [0.1, 0.15) is 114 Å². The normalized spacial score (nSPS) is 20.7. The second kappa shape index (κ2) is 23.8. The van der Waals surface area contributed by atoms with Crippen LogP contribution in [0.3, 0.4) is 0 Å².